The SMILES string of the molecule is CCCCOc1ccc(C)cc1SC.COc1ccc(S(C)(=O)=O)cc1C. The predicted octanol–water partition coefficient (Wildman–Crippen LogP) is 5.30. The fourth-order valence-corrected chi connectivity index (χ4v) is 3.64. The highest BCUT2D eigenvalue weighted by atomic mass is 32.2. The summed E-state index contributed by atoms with van der Waals surface area (Å²) in [4.78, 5) is 1.56. The summed E-state index contributed by atoms with van der Waals surface area (Å²) < 4.78 is 33.0. The molecule has 0 N–H and O–H groups in total. The fourth-order valence-electron chi connectivity index (χ4n) is 2.30. The topological polar surface area (TPSA) is 52.6 Å². The van der Waals surface area contributed by atoms with E-state index in [9.17, 15) is 8.42 Å². The van der Waals surface area contributed by atoms with Gasteiger partial charge in [-0.05, 0) is 68.0 Å². The first-order valence-corrected chi connectivity index (χ1v) is 12.0. The molecule has 27 heavy (non-hydrogen) atoms. The van der Waals surface area contributed by atoms with Crippen molar-refractivity contribution in [2.75, 3.05) is 26.2 Å². The molecular weight excluding hydrogens is 380 g/mol. The predicted molar refractivity (Wildman–Crippen MR) is 114 cm³/mol. The first kappa shape index (κ1) is 23.4. The van der Waals surface area contributed by atoms with E-state index in [0.717, 1.165) is 24.3 Å². The molecule has 0 atom stereocenters. The maximum absolute atomic E-state index is 11.1. The van der Waals surface area contributed by atoms with Gasteiger partial charge in [0.1, 0.15) is 11.5 Å². The van der Waals surface area contributed by atoms with E-state index in [0.29, 0.717) is 10.6 Å². The molecule has 0 radical (unpaired) electrons. The average Bonchev–Trinajstić information content (AvgIpc) is 2.62. The number of thioether (sulfide) groups is 1. The molecule has 0 aromatic heterocycles. The Balaban J connectivity index is 0.000000271. The summed E-state index contributed by atoms with van der Waals surface area (Å²) in [5.74, 6) is 1.73. The third-order valence-corrected chi connectivity index (χ3v) is 5.74. The number of unbranched alkanes of at least 4 members (excludes halogenated alkanes) is 1. The standard InChI is InChI=1S/C12H18OS.C9H12O3S/c1-4-5-8-13-11-7-6-10(2)9-12(11)14-3;1-7-6-8(13(3,10)11)4-5-9(7)12-2/h6-7,9H,4-5,8H2,1-3H3;4-6H,1-3H3. The van der Waals surface area contributed by atoms with Gasteiger partial charge >= 0.3 is 0 Å². The third kappa shape index (κ3) is 7.85. The molecule has 2 rings (SSSR count). The molecule has 0 bridgehead atoms. The number of benzene rings is 2. The number of methoxy groups -OCH3 is 1. The van der Waals surface area contributed by atoms with Gasteiger partial charge in [0.25, 0.3) is 0 Å². The smallest absolute Gasteiger partial charge is 0.175 e. The van der Waals surface area contributed by atoms with Crippen molar-refractivity contribution in [3.05, 3.63) is 47.5 Å². The molecule has 0 aliphatic carbocycles. The van der Waals surface area contributed by atoms with Gasteiger partial charge in [0.05, 0.1) is 18.6 Å². The van der Waals surface area contributed by atoms with Crippen LogP contribution in [0.2, 0.25) is 0 Å². The molecule has 0 aliphatic rings. The summed E-state index contributed by atoms with van der Waals surface area (Å²) in [6.07, 6.45) is 5.58. The van der Waals surface area contributed by atoms with Crippen molar-refractivity contribution in [3.63, 3.8) is 0 Å². The van der Waals surface area contributed by atoms with Crippen LogP contribution in [0.1, 0.15) is 30.9 Å². The van der Waals surface area contributed by atoms with E-state index in [-0.39, 0.29) is 0 Å². The number of hydrogen-bond donors (Lipinski definition) is 0. The summed E-state index contributed by atoms with van der Waals surface area (Å²) in [5.41, 5.74) is 2.11. The number of rotatable bonds is 7. The molecule has 0 heterocycles. The summed E-state index contributed by atoms with van der Waals surface area (Å²) in [6, 6.07) is 11.1. The van der Waals surface area contributed by atoms with Crippen LogP contribution in [0.25, 0.3) is 0 Å². The van der Waals surface area contributed by atoms with Gasteiger partial charge in [0.15, 0.2) is 9.84 Å². The van der Waals surface area contributed by atoms with Crippen LogP contribution >= 0.6 is 11.8 Å². The molecule has 150 valence electrons. The highest BCUT2D eigenvalue weighted by molar-refractivity contribution is 7.98. The van der Waals surface area contributed by atoms with Crippen LogP contribution in [0.5, 0.6) is 11.5 Å². The second-order valence-electron chi connectivity index (χ2n) is 6.26. The van der Waals surface area contributed by atoms with Crippen molar-refractivity contribution in [3.8, 4) is 11.5 Å². The Kier molecular flexibility index (Phi) is 9.74. The van der Waals surface area contributed by atoms with Crippen LogP contribution < -0.4 is 9.47 Å². The van der Waals surface area contributed by atoms with Gasteiger partial charge in [-0.25, -0.2) is 8.42 Å². The normalized spacial score (nSPS) is 10.7. The minimum atomic E-state index is -3.11. The molecule has 0 saturated carbocycles. The van der Waals surface area contributed by atoms with Gasteiger partial charge < -0.3 is 9.47 Å². The fraction of sp³-hybridized carbons (Fsp3) is 0.429. The monoisotopic (exact) mass is 410 g/mol. The minimum Gasteiger partial charge on any atom is -0.496 e. The van der Waals surface area contributed by atoms with Crippen molar-refractivity contribution in [2.45, 2.75) is 43.4 Å². The second kappa shape index (κ2) is 11.2. The molecule has 0 amide bonds. The van der Waals surface area contributed by atoms with E-state index in [2.05, 4.69) is 38.3 Å². The lowest BCUT2D eigenvalue weighted by Gasteiger charge is -2.09. The second-order valence-corrected chi connectivity index (χ2v) is 9.12. The van der Waals surface area contributed by atoms with E-state index in [4.69, 9.17) is 9.47 Å². The Morgan fingerprint density at radius 3 is 2.22 bits per heavy atom. The van der Waals surface area contributed by atoms with Crippen LogP contribution in [0, 0.1) is 13.8 Å². The molecule has 0 saturated heterocycles. The van der Waals surface area contributed by atoms with Crippen LogP contribution in [-0.2, 0) is 9.84 Å². The van der Waals surface area contributed by atoms with Gasteiger partial charge in [0.2, 0.25) is 0 Å². The Bertz CT molecular complexity index is 830. The Hall–Kier alpha value is -1.66. The zero-order valence-corrected chi connectivity index (χ0v) is 18.7. The van der Waals surface area contributed by atoms with Crippen molar-refractivity contribution in [1.29, 1.82) is 0 Å². The maximum Gasteiger partial charge on any atom is 0.175 e. The first-order chi connectivity index (χ1) is 12.7. The molecule has 6 heteroatoms. The molecule has 0 aliphatic heterocycles. The van der Waals surface area contributed by atoms with Crippen molar-refractivity contribution in [1.82, 2.24) is 0 Å². The molecular formula is C21H30O4S2. The van der Waals surface area contributed by atoms with Gasteiger partial charge in [-0.3, -0.25) is 0 Å². The van der Waals surface area contributed by atoms with Gasteiger partial charge in [-0.2, -0.15) is 0 Å². The van der Waals surface area contributed by atoms with Crippen LogP contribution in [-0.4, -0.2) is 34.6 Å². The van der Waals surface area contributed by atoms with Crippen LogP contribution in [0.4, 0.5) is 0 Å². The highest BCUT2D eigenvalue weighted by Crippen LogP contribution is 2.28. The highest BCUT2D eigenvalue weighted by Gasteiger charge is 2.08. The largest absolute Gasteiger partial charge is 0.496 e. The lowest BCUT2D eigenvalue weighted by atomic mass is 10.2. The number of sulfone groups is 1. The van der Waals surface area contributed by atoms with Gasteiger partial charge in [-0.15, -0.1) is 11.8 Å². The summed E-state index contributed by atoms with van der Waals surface area (Å²) in [7, 11) is -1.55. The minimum absolute atomic E-state index is 0.325. The van der Waals surface area contributed by atoms with E-state index in [1.165, 1.54) is 23.1 Å². The van der Waals surface area contributed by atoms with Crippen LogP contribution in [0.15, 0.2) is 46.2 Å². The molecule has 0 fully saturated rings. The van der Waals surface area contributed by atoms with Crippen molar-refractivity contribution in [2.24, 2.45) is 0 Å². The first-order valence-electron chi connectivity index (χ1n) is 8.85. The lowest BCUT2D eigenvalue weighted by Crippen LogP contribution is -1.98. The van der Waals surface area contributed by atoms with Gasteiger partial charge in [0, 0.05) is 11.2 Å². The van der Waals surface area contributed by atoms with E-state index in [1.54, 1.807) is 37.1 Å². The van der Waals surface area contributed by atoms with E-state index >= 15 is 0 Å². The number of ether oxygens (including phenoxy) is 2. The summed E-state index contributed by atoms with van der Waals surface area (Å²) in [5, 5.41) is 0. The Morgan fingerprint density at radius 1 is 1.04 bits per heavy atom. The number of hydrogen-bond acceptors (Lipinski definition) is 5. The zero-order chi connectivity index (χ0) is 20.4. The lowest BCUT2D eigenvalue weighted by molar-refractivity contribution is 0.302. The average molecular weight is 411 g/mol. The van der Waals surface area contributed by atoms with Crippen molar-refractivity contribution < 1.29 is 17.9 Å². The van der Waals surface area contributed by atoms with Crippen molar-refractivity contribution >= 4 is 21.6 Å². The third-order valence-electron chi connectivity index (χ3n) is 3.87. The Labute approximate surface area is 168 Å². The van der Waals surface area contributed by atoms with Crippen LogP contribution in [0.3, 0.4) is 0 Å². The molecule has 2 aromatic rings. The summed E-state index contributed by atoms with van der Waals surface area (Å²) >= 11 is 1.74. The molecule has 2 aromatic carbocycles. The molecule has 0 spiro atoms. The van der Waals surface area contributed by atoms with Gasteiger partial charge in [-0.1, -0.05) is 19.4 Å². The van der Waals surface area contributed by atoms with E-state index in [1.807, 2.05) is 6.92 Å². The molecule has 4 nitrogen and oxygen atoms in total. The van der Waals surface area contributed by atoms with E-state index < -0.39 is 9.84 Å². The maximum atomic E-state index is 11.1. The summed E-state index contributed by atoms with van der Waals surface area (Å²) in [6.45, 7) is 6.92. The number of aryl methyl sites for hydroxylation is 2. The zero-order valence-electron chi connectivity index (χ0n) is 17.0. The Morgan fingerprint density at radius 2 is 1.70 bits per heavy atom. The quantitative estimate of drug-likeness (QED) is 0.458. The molecule has 0 unspecified atom stereocenters.